The van der Waals surface area contributed by atoms with E-state index in [4.69, 9.17) is 5.73 Å². The molecule has 62 valence electrons. The molecular weight excluding hydrogens is 151 g/mol. The molecule has 2 N–H and O–H groups in total. The van der Waals surface area contributed by atoms with Gasteiger partial charge in [0.05, 0.1) is 7.11 Å². The minimum Gasteiger partial charge on any atom is -0.477 e. The Labute approximate surface area is 63.1 Å². The number of nitrogens with two attached hydrogens (primary N) is 1. The van der Waals surface area contributed by atoms with Crippen LogP contribution in [0.2, 0.25) is 0 Å². The van der Waals surface area contributed by atoms with Crippen LogP contribution in [0.5, 0.6) is 5.88 Å². The Hall–Kier alpha value is -1.10. The summed E-state index contributed by atoms with van der Waals surface area (Å²) in [4.78, 5) is 0. The van der Waals surface area contributed by atoms with Gasteiger partial charge in [-0.15, -0.1) is 0 Å². The second-order valence-electron chi connectivity index (χ2n) is 1.97. The van der Waals surface area contributed by atoms with Gasteiger partial charge in [0.2, 0.25) is 5.82 Å². The van der Waals surface area contributed by atoms with E-state index in [0.29, 0.717) is 13.0 Å². The predicted octanol–water partition coefficient (Wildman–Crippen LogP) is 0.324. The number of ether oxygens (including phenoxy) is 1. The lowest BCUT2D eigenvalue weighted by Gasteiger charge is -1.89. The number of halogens is 1. The monoisotopic (exact) mass is 160 g/mol. The maximum Gasteiger partial charge on any atom is 0.290 e. The van der Waals surface area contributed by atoms with Crippen molar-refractivity contribution in [2.75, 3.05) is 13.7 Å². The summed E-state index contributed by atoms with van der Waals surface area (Å²) in [5.41, 5.74) is 5.18. The van der Waals surface area contributed by atoms with Crippen LogP contribution in [0.25, 0.3) is 0 Å². The fourth-order valence-corrected chi connectivity index (χ4v) is 0.709. The quantitative estimate of drug-likeness (QED) is 0.691. The van der Waals surface area contributed by atoms with E-state index in [2.05, 4.69) is 14.4 Å². The summed E-state index contributed by atoms with van der Waals surface area (Å²) in [5, 5.41) is 3.33. The maximum atomic E-state index is 12.9. The van der Waals surface area contributed by atoms with Crippen LogP contribution < -0.4 is 10.5 Å². The molecule has 0 unspecified atom stereocenters. The molecule has 1 aromatic heterocycles. The molecule has 0 bridgehead atoms. The summed E-state index contributed by atoms with van der Waals surface area (Å²) < 4.78 is 22.0. The standard InChI is InChI=1S/C6H9FN2O2/c1-10-6-5(7)4(2-3-8)11-9-6/h2-3,8H2,1H3. The molecule has 0 spiro atoms. The molecule has 0 amide bonds. The number of hydrogen-bond acceptors (Lipinski definition) is 4. The van der Waals surface area contributed by atoms with Crippen LogP contribution in [-0.4, -0.2) is 18.8 Å². The van der Waals surface area contributed by atoms with E-state index < -0.39 is 5.82 Å². The SMILES string of the molecule is COc1noc(CCN)c1F. The summed E-state index contributed by atoms with van der Waals surface area (Å²) in [7, 11) is 1.33. The molecule has 4 nitrogen and oxygen atoms in total. The zero-order chi connectivity index (χ0) is 8.27. The zero-order valence-corrected chi connectivity index (χ0v) is 6.13. The highest BCUT2D eigenvalue weighted by Crippen LogP contribution is 2.18. The van der Waals surface area contributed by atoms with Gasteiger partial charge in [-0.2, -0.15) is 4.39 Å². The number of nitrogens with zero attached hydrogens (tertiary/aromatic N) is 1. The van der Waals surface area contributed by atoms with Gasteiger partial charge >= 0.3 is 0 Å². The van der Waals surface area contributed by atoms with Crippen LogP contribution in [-0.2, 0) is 6.42 Å². The van der Waals surface area contributed by atoms with Gasteiger partial charge in [0.1, 0.15) is 0 Å². The van der Waals surface area contributed by atoms with Gasteiger partial charge in [-0.05, 0) is 11.7 Å². The van der Waals surface area contributed by atoms with E-state index in [1.807, 2.05) is 0 Å². The third kappa shape index (κ3) is 1.48. The van der Waals surface area contributed by atoms with Crippen molar-refractivity contribution in [1.29, 1.82) is 0 Å². The minimum absolute atomic E-state index is 0.117. The van der Waals surface area contributed by atoms with E-state index in [1.165, 1.54) is 7.11 Å². The highest BCUT2D eigenvalue weighted by atomic mass is 19.1. The lowest BCUT2D eigenvalue weighted by atomic mass is 10.3. The van der Waals surface area contributed by atoms with E-state index in [9.17, 15) is 4.39 Å². The van der Waals surface area contributed by atoms with Crippen molar-refractivity contribution in [3.8, 4) is 5.88 Å². The van der Waals surface area contributed by atoms with Gasteiger partial charge in [0.25, 0.3) is 5.88 Å². The Morgan fingerprint density at radius 2 is 2.45 bits per heavy atom. The topological polar surface area (TPSA) is 61.3 Å². The molecule has 1 heterocycles. The highest BCUT2D eigenvalue weighted by molar-refractivity contribution is 5.14. The Bertz CT molecular complexity index is 236. The first-order valence-corrected chi connectivity index (χ1v) is 3.17. The van der Waals surface area contributed by atoms with Crippen LogP contribution in [0.15, 0.2) is 4.52 Å². The second-order valence-corrected chi connectivity index (χ2v) is 1.97. The molecule has 0 saturated heterocycles. The molecule has 0 fully saturated rings. The van der Waals surface area contributed by atoms with E-state index in [-0.39, 0.29) is 11.6 Å². The average Bonchev–Trinajstić information content (AvgIpc) is 2.34. The fraction of sp³-hybridized carbons (Fsp3) is 0.500. The Morgan fingerprint density at radius 1 is 1.73 bits per heavy atom. The molecule has 11 heavy (non-hydrogen) atoms. The molecule has 0 radical (unpaired) electrons. The van der Waals surface area contributed by atoms with Crippen molar-refractivity contribution < 1.29 is 13.7 Å². The van der Waals surface area contributed by atoms with Crippen LogP contribution >= 0.6 is 0 Å². The van der Waals surface area contributed by atoms with Crippen molar-refractivity contribution in [3.63, 3.8) is 0 Å². The molecule has 1 aromatic rings. The van der Waals surface area contributed by atoms with Crippen LogP contribution in [0.4, 0.5) is 4.39 Å². The predicted molar refractivity (Wildman–Crippen MR) is 35.8 cm³/mol. The summed E-state index contributed by atoms with van der Waals surface area (Å²) in [6.45, 7) is 0.329. The first-order valence-electron chi connectivity index (χ1n) is 3.17. The summed E-state index contributed by atoms with van der Waals surface area (Å²) in [6, 6.07) is 0. The largest absolute Gasteiger partial charge is 0.477 e. The second kappa shape index (κ2) is 3.34. The summed E-state index contributed by atoms with van der Waals surface area (Å²) in [6.07, 6.45) is 0.336. The molecule has 0 aliphatic carbocycles. The molecule has 0 aromatic carbocycles. The van der Waals surface area contributed by atoms with E-state index >= 15 is 0 Å². The Balaban J connectivity index is 2.82. The van der Waals surface area contributed by atoms with Gasteiger partial charge in [-0.1, -0.05) is 0 Å². The van der Waals surface area contributed by atoms with Crippen LogP contribution in [0, 0.1) is 5.82 Å². The summed E-state index contributed by atoms with van der Waals surface area (Å²) >= 11 is 0. The molecule has 5 heteroatoms. The van der Waals surface area contributed by atoms with E-state index in [0.717, 1.165) is 0 Å². The normalized spacial score (nSPS) is 10.1. The smallest absolute Gasteiger partial charge is 0.290 e. The van der Waals surface area contributed by atoms with Crippen LogP contribution in [0.1, 0.15) is 5.76 Å². The Morgan fingerprint density at radius 3 is 2.91 bits per heavy atom. The van der Waals surface area contributed by atoms with Gasteiger partial charge in [0.15, 0.2) is 5.76 Å². The summed E-state index contributed by atoms with van der Waals surface area (Å²) in [5.74, 6) is -0.532. The first kappa shape index (κ1) is 8.00. The van der Waals surface area contributed by atoms with Gasteiger partial charge in [-0.3, -0.25) is 0 Å². The third-order valence-corrected chi connectivity index (χ3v) is 1.24. The van der Waals surface area contributed by atoms with Gasteiger partial charge in [-0.25, -0.2) is 0 Å². The number of methoxy groups -OCH3 is 1. The van der Waals surface area contributed by atoms with Gasteiger partial charge in [0, 0.05) is 6.42 Å². The minimum atomic E-state index is -0.557. The molecular formula is C6H9FN2O2. The van der Waals surface area contributed by atoms with Crippen LogP contribution in [0.3, 0.4) is 0 Å². The number of rotatable bonds is 3. The fourth-order valence-electron chi connectivity index (χ4n) is 0.709. The van der Waals surface area contributed by atoms with E-state index in [1.54, 1.807) is 0 Å². The lowest BCUT2D eigenvalue weighted by molar-refractivity contribution is 0.326. The highest BCUT2D eigenvalue weighted by Gasteiger charge is 2.14. The zero-order valence-electron chi connectivity index (χ0n) is 6.13. The van der Waals surface area contributed by atoms with Crippen molar-refractivity contribution >= 4 is 0 Å². The van der Waals surface area contributed by atoms with Crippen molar-refractivity contribution in [1.82, 2.24) is 5.16 Å². The van der Waals surface area contributed by atoms with Crippen molar-refractivity contribution in [3.05, 3.63) is 11.6 Å². The first-order chi connectivity index (χ1) is 5.29. The third-order valence-electron chi connectivity index (χ3n) is 1.24. The molecule has 0 aliphatic rings. The number of hydrogen-bond donors (Lipinski definition) is 1. The lowest BCUT2D eigenvalue weighted by Crippen LogP contribution is -2.02. The van der Waals surface area contributed by atoms with Gasteiger partial charge < -0.3 is 15.0 Å². The molecule has 0 saturated carbocycles. The molecule has 1 rings (SSSR count). The van der Waals surface area contributed by atoms with Crippen molar-refractivity contribution in [2.24, 2.45) is 5.73 Å². The Kier molecular flexibility index (Phi) is 2.43. The average molecular weight is 160 g/mol. The maximum absolute atomic E-state index is 12.9. The molecule has 0 aliphatic heterocycles. The van der Waals surface area contributed by atoms with Crippen molar-refractivity contribution in [2.45, 2.75) is 6.42 Å². The number of aromatic nitrogens is 1. The molecule has 0 atom stereocenters.